The number of fused-ring (bicyclic) bond motifs is 2. The molecule has 0 spiro atoms. The van der Waals surface area contributed by atoms with Gasteiger partial charge >= 0.3 is 0 Å². The Morgan fingerprint density at radius 3 is 2.36 bits per heavy atom. The van der Waals surface area contributed by atoms with E-state index in [1.807, 2.05) is 19.1 Å². The van der Waals surface area contributed by atoms with Crippen LogP contribution in [0.15, 0.2) is 42.5 Å². The summed E-state index contributed by atoms with van der Waals surface area (Å²) in [5.74, 6) is -0.730. The van der Waals surface area contributed by atoms with Crippen LogP contribution >= 0.6 is 0 Å². The van der Waals surface area contributed by atoms with Gasteiger partial charge in [-0.2, -0.15) is 0 Å². The summed E-state index contributed by atoms with van der Waals surface area (Å²) in [6.07, 6.45) is 3.40. The first-order valence-corrected chi connectivity index (χ1v) is 10.3. The van der Waals surface area contributed by atoms with E-state index in [0.29, 0.717) is 19.6 Å². The molecule has 1 saturated heterocycles. The first-order chi connectivity index (χ1) is 13.4. The highest BCUT2D eigenvalue weighted by Gasteiger charge is 2.41. The number of benzene rings is 2. The predicted octanol–water partition coefficient (Wildman–Crippen LogP) is 3.58. The summed E-state index contributed by atoms with van der Waals surface area (Å²) in [5, 5.41) is 12.1. The minimum Gasteiger partial charge on any atom is -0.380 e. The van der Waals surface area contributed by atoms with Gasteiger partial charge in [0, 0.05) is 5.56 Å². The lowest BCUT2D eigenvalue weighted by Gasteiger charge is -2.34. The molecule has 1 heterocycles. The molecule has 2 aliphatic rings. The third-order valence-corrected chi connectivity index (χ3v) is 6.20. The Labute approximate surface area is 168 Å². The first kappa shape index (κ1) is 19.6. The fourth-order valence-corrected chi connectivity index (χ4v) is 4.81. The highest BCUT2D eigenvalue weighted by Crippen LogP contribution is 2.44. The van der Waals surface area contributed by atoms with E-state index in [-0.39, 0.29) is 0 Å². The van der Waals surface area contributed by atoms with Crippen LogP contribution in [0.3, 0.4) is 0 Å². The van der Waals surface area contributed by atoms with Crippen LogP contribution < -0.4 is 0 Å². The molecule has 2 aromatic carbocycles. The average Bonchev–Trinajstić information content (AvgIpc) is 3.08. The van der Waals surface area contributed by atoms with Gasteiger partial charge in [0.2, 0.25) is 0 Å². The molecule has 0 aromatic heterocycles. The maximum Gasteiger partial charge on any atom is 0.192 e. The third-order valence-electron chi connectivity index (χ3n) is 6.20. The minimum absolute atomic E-state index is 0.605. The number of aliphatic hydroxyl groups is 1. The van der Waals surface area contributed by atoms with Crippen molar-refractivity contribution in [2.24, 2.45) is 0 Å². The van der Waals surface area contributed by atoms with Crippen molar-refractivity contribution in [3.05, 3.63) is 70.3 Å². The number of aryl methyl sites for hydroxylation is 1. The molecule has 4 rings (SSSR count). The smallest absolute Gasteiger partial charge is 0.192 e. The summed E-state index contributed by atoms with van der Waals surface area (Å²) >= 11 is 0. The Morgan fingerprint density at radius 1 is 0.929 bits per heavy atom. The van der Waals surface area contributed by atoms with Crippen LogP contribution in [-0.2, 0) is 33.7 Å². The molecule has 4 heteroatoms. The molecule has 1 N–H and O–H groups in total. The molecule has 1 atom stereocenters. The van der Waals surface area contributed by atoms with Gasteiger partial charge in [-0.1, -0.05) is 42.5 Å². The zero-order valence-corrected chi connectivity index (χ0v) is 17.2. The van der Waals surface area contributed by atoms with Gasteiger partial charge < -0.3 is 19.5 Å². The number of hydrogen-bond acceptors (Lipinski definition) is 4. The van der Waals surface area contributed by atoms with Crippen molar-refractivity contribution in [1.29, 1.82) is 0 Å². The van der Waals surface area contributed by atoms with E-state index in [4.69, 9.17) is 9.47 Å². The van der Waals surface area contributed by atoms with E-state index >= 15 is 0 Å². The van der Waals surface area contributed by atoms with Crippen molar-refractivity contribution in [3.63, 3.8) is 0 Å². The third kappa shape index (κ3) is 3.39. The highest BCUT2D eigenvalue weighted by molar-refractivity contribution is 5.51. The van der Waals surface area contributed by atoms with Crippen molar-refractivity contribution >= 4 is 0 Å². The standard InChI is InChI=1S/C24H31NO3/c1-23(27-16-17-28-23)21-10-6-11-22-19(21)13-12-18-8-4-5-9-20(18)24(22,26)14-7-15-25(2)3/h4-6,8-11,26H,7,12-17H2,1-3H3. The second-order valence-corrected chi connectivity index (χ2v) is 8.40. The number of rotatable bonds is 5. The van der Waals surface area contributed by atoms with Crippen LogP contribution in [0.1, 0.15) is 47.6 Å². The number of nitrogens with zero attached hydrogens (tertiary/aromatic N) is 1. The molecule has 1 aliphatic carbocycles. The van der Waals surface area contributed by atoms with Gasteiger partial charge in [0.05, 0.1) is 13.2 Å². The van der Waals surface area contributed by atoms with Gasteiger partial charge in [-0.05, 0) is 75.5 Å². The molecule has 0 bridgehead atoms. The summed E-state index contributed by atoms with van der Waals surface area (Å²) < 4.78 is 12.0. The van der Waals surface area contributed by atoms with Crippen molar-refractivity contribution < 1.29 is 14.6 Å². The fourth-order valence-electron chi connectivity index (χ4n) is 4.81. The molecule has 0 radical (unpaired) electrons. The maximum absolute atomic E-state index is 12.1. The summed E-state index contributed by atoms with van der Waals surface area (Å²) in [5.41, 5.74) is 4.52. The summed E-state index contributed by atoms with van der Waals surface area (Å²) in [6.45, 7) is 4.16. The maximum atomic E-state index is 12.1. The van der Waals surface area contributed by atoms with Crippen LogP contribution in [0.2, 0.25) is 0 Å². The van der Waals surface area contributed by atoms with Crippen LogP contribution in [-0.4, -0.2) is 43.9 Å². The van der Waals surface area contributed by atoms with Crippen molar-refractivity contribution in [2.45, 2.75) is 44.0 Å². The van der Waals surface area contributed by atoms with Gasteiger partial charge in [-0.15, -0.1) is 0 Å². The highest BCUT2D eigenvalue weighted by atomic mass is 16.7. The Morgan fingerprint density at radius 2 is 1.61 bits per heavy atom. The van der Waals surface area contributed by atoms with Gasteiger partial charge in [-0.25, -0.2) is 0 Å². The van der Waals surface area contributed by atoms with Crippen LogP contribution in [0.5, 0.6) is 0 Å². The lowest BCUT2D eigenvalue weighted by molar-refractivity contribution is -0.150. The van der Waals surface area contributed by atoms with E-state index in [9.17, 15) is 5.11 Å². The Hall–Kier alpha value is -1.72. The minimum atomic E-state index is -0.997. The monoisotopic (exact) mass is 381 g/mol. The van der Waals surface area contributed by atoms with Crippen molar-refractivity contribution in [2.75, 3.05) is 33.9 Å². The molecule has 0 saturated carbocycles. The summed E-state index contributed by atoms with van der Waals surface area (Å²) in [4.78, 5) is 2.17. The second kappa shape index (κ2) is 7.60. The first-order valence-electron chi connectivity index (χ1n) is 10.3. The Bertz CT molecular complexity index is 841. The van der Waals surface area contributed by atoms with Crippen LogP contribution in [0.4, 0.5) is 0 Å². The van der Waals surface area contributed by atoms with Gasteiger partial charge in [-0.3, -0.25) is 0 Å². The largest absolute Gasteiger partial charge is 0.380 e. The second-order valence-electron chi connectivity index (χ2n) is 8.40. The topological polar surface area (TPSA) is 41.9 Å². The van der Waals surface area contributed by atoms with E-state index < -0.39 is 11.4 Å². The molecule has 4 nitrogen and oxygen atoms in total. The fraction of sp³-hybridized carbons (Fsp3) is 0.500. The van der Waals surface area contributed by atoms with E-state index in [1.165, 1.54) is 11.1 Å². The van der Waals surface area contributed by atoms with Crippen LogP contribution in [0.25, 0.3) is 0 Å². The van der Waals surface area contributed by atoms with E-state index in [0.717, 1.165) is 42.5 Å². The molecular formula is C24H31NO3. The molecule has 2 aromatic rings. The number of ether oxygens (including phenoxy) is 2. The summed E-state index contributed by atoms with van der Waals surface area (Å²) in [6, 6.07) is 14.6. The lowest BCUT2D eigenvalue weighted by atomic mass is 9.78. The van der Waals surface area contributed by atoms with Crippen LogP contribution in [0, 0.1) is 0 Å². The SMILES string of the molecule is CN(C)CCCC1(O)c2ccccc2CCc2c(C3(C)OCCO3)cccc21. The Kier molecular flexibility index (Phi) is 5.32. The molecule has 1 fully saturated rings. The lowest BCUT2D eigenvalue weighted by Crippen LogP contribution is -2.32. The van der Waals surface area contributed by atoms with Gasteiger partial charge in [0.25, 0.3) is 0 Å². The predicted molar refractivity (Wildman–Crippen MR) is 110 cm³/mol. The number of hydrogen-bond donors (Lipinski definition) is 1. The molecule has 1 unspecified atom stereocenters. The molecule has 1 aliphatic heterocycles. The van der Waals surface area contributed by atoms with E-state index in [2.05, 4.69) is 49.3 Å². The zero-order valence-electron chi connectivity index (χ0n) is 17.2. The quantitative estimate of drug-likeness (QED) is 0.860. The van der Waals surface area contributed by atoms with Crippen molar-refractivity contribution in [1.82, 2.24) is 4.90 Å². The van der Waals surface area contributed by atoms with Crippen molar-refractivity contribution in [3.8, 4) is 0 Å². The van der Waals surface area contributed by atoms with E-state index in [1.54, 1.807) is 0 Å². The Balaban J connectivity index is 1.84. The summed E-state index contributed by atoms with van der Waals surface area (Å²) in [7, 11) is 4.15. The molecular weight excluding hydrogens is 350 g/mol. The molecule has 0 amide bonds. The average molecular weight is 382 g/mol. The molecule has 150 valence electrons. The zero-order chi connectivity index (χ0) is 19.8. The molecule has 28 heavy (non-hydrogen) atoms. The van der Waals surface area contributed by atoms with Gasteiger partial charge in [0.15, 0.2) is 5.79 Å². The normalized spacial score (nSPS) is 23.3. The van der Waals surface area contributed by atoms with Gasteiger partial charge in [0.1, 0.15) is 5.60 Å².